The molecule has 0 bridgehead atoms. The number of sulfone groups is 1. The first-order chi connectivity index (χ1) is 10.1. The molecule has 0 spiro atoms. The Labute approximate surface area is 127 Å². The molecule has 10 heteroatoms. The summed E-state index contributed by atoms with van der Waals surface area (Å²) in [5, 5.41) is 3.34. The Balaban J connectivity index is 2.36. The van der Waals surface area contributed by atoms with Crippen molar-refractivity contribution >= 4 is 26.9 Å². The van der Waals surface area contributed by atoms with E-state index in [1.54, 1.807) is 6.92 Å². The molecule has 4 nitrogen and oxygen atoms in total. The van der Waals surface area contributed by atoms with E-state index in [1.165, 1.54) is 17.5 Å². The fourth-order valence-electron chi connectivity index (χ4n) is 1.66. The lowest BCUT2D eigenvalue weighted by Gasteiger charge is -2.14. The largest absolute Gasteiger partial charge is 0.501 e. The number of rotatable bonds is 4. The van der Waals surface area contributed by atoms with Crippen LogP contribution in [-0.2, 0) is 16.4 Å². The number of alkyl halides is 3. The summed E-state index contributed by atoms with van der Waals surface area (Å²) in [6.07, 6.45) is 1.52. The number of benzene rings is 1. The predicted molar refractivity (Wildman–Crippen MR) is 73.8 cm³/mol. The van der Waals surface area contributed by atoms with Crippen molar-refractivity contribution in [3.05, 3.63) is 40.1 Å². The second-order valence-corrected chi connectivity index (χ2v) is 7.52. The van der Waals surface area contributed by atoms with Gasteiger partial charge in [0, 0.05) is 11.1 Å². The normalized spacial score (nSPS) is 12.4. The summed E-state index contributed by atoms with van der Waals surface area (Å²) in [7, 11) is -5.64. The summed E-state index contributed by atoms with van der Waals surface area (Å²) in [6, 6.07) is 2.20. The third-order valence-corrected chi connectivity index (χ3v) is 5.10. The lowest BCUT2D eigenvalue weighted by atomic mass is 10.3. The highest BCUT2D eigenvalue weighted by molar-refractivity contribution is 7.92. The third kappa shape index (κ3) is 3.38. The van der Waals surface area contributed by atoms with E-state index >= 15 is 0 Å². The molecule has 0 amide bonds. The molecule has 0 fully saturated rings. The minimum absolute atomic E-state index is 0.0809. The highest BCUT2D eigenvalue weighted by Crippen LogP contribution is 2.35. The number of thiazole rings is 1. The molecule has 0 atom stereocenters. The molecule has 0 aliphatic heterocycles. The van der Waals surface area contributed by atoms with Gasteiger partial charge in [0.1, 0.15) is 10.7 Å². The number of nitrogens with one attached hydrogen (secondary N) is 1. The maximum absolute atomic E-state index is 13.2. The Bertz CT molecular complexity index is 785. The lowest BCUT2D eigenvalue weighted by Crippen LogP contribution is -2.24. The van der Waals surface area contributed by atoms with Crippen molar-refractivity contribution in [3.8, 4) is 0 Å². The Morgan fingerprint density at radius 1 is 1.32 bits per heavy atom. The first-order valence-electron chi connectivity index (χ1n) is 5.87. The zero-order chi connectivity index (χ0) is 16.5. The average Bonchev–Trinajstić information content (AvgIpc) is 2.81. The van der Waals surface area contributed by atoms with Gasteiger partial charge >= 0.3 is 5.51 Å². The first-order valence-corrected chi connectivity index (χ1v) is 8.17. The van der Waals surface area contributed by atoms with Gasteiger partial charge in [-0.25, -0.2) is 17.8 Å². The van der Waals surface area contributed by atoms with Crippen molar-refractivity contribution in [1.29, 1.82) is 0 Å². The summed E-state index contributed by atoms with van der Waals surface area (Å²) >= 11 is 1.31. The summed E-state index contributed by atoms with van der Waals surface area (Å²) in [5.74, 6) is -1.07. The van der Waals surface area contributed by atoms with Gasteiger partial charge in [0.25, 0.3) is 9.84 Å². The molecule has 0 radical (unpaired) electrons. The van der Waals surface area contributed by atoms with Crippen LogP contribution >= 0.6 is 11.3 Å². The topological polar surface area (TPSA) is 59.1 Å². The van der Waals surface area contributed by atoms with E-state index in [0.29, 0.717) is 10.9 Å². The Hall–Kier alpha value is -1.68. The predicted octanol–water partition coefficient (Wildman–Crippen LogP) is 3.50. The van der Waals surface area contributed by atoms with E-state index in [0.717, 1.165) is 17.1 Å². The molecule has 2 rings (SSSR count). The highest BCUT2D eigenvalue weighted by atomic mass is 32.2. The van der Waals surface area contributed by atoms with E-state index in [4.69, 9.17) is 0 Å². The van der Waals surface area contributed by atoms with Crippen LogP contribution in [0.4, 0.5) is 23.2 Å². The monoisotopic (exact) mass is 354 g/mol. The van der Waals surface area contributed by atoms with Crippen molar-refractivity contribution in [2.24, 2.45) is 0 Å². The summed E-state index contributed by atoms with van der Waals surface area (Å²) in [6.45, 7) is 1.84. The van der Waals surface area contributed by atoms with Crippen LogP contribution in [0.3, 0.4) is 0 Å². The SMILES string of the molecule is Cc1ncc(CNc2ccc(F)cc2S(=O)(=O)C(F)(F)F)s1. The van der Waals surface area contributed by atoms with Crippen molar-refractivity contribution in [1.82, 2.24) is 4.98 Å². The average molecular weight is 354 g/mol. The van der Waals surface area contributed by atoms with E-state index in [1.807, 2.05) is 0 Å². The third-order valence-electron chi connectivity index (χ3n) is 2.66. The van der Waals surface area contributed by atoms with Gasteiger partial charge in [-0.2, -0.15) is 13.2 Å². The summed E-state index contributed by atoms with van der Waals surface area (Å²) in [5.41, 5.74) is -5.82. The van der Waals surface area contributed by atoms with Crippen LogP contribution in [0.1, 0.15) is 9.88 Å². The fraction of sp³-hybridized carbons (Fsp3) is 0.250. The zero-order valence-electron chi connectivity index (χ0n) is 11.1. The Morgan fingerprint density at radius 2 is 2.00 bits per heavy atom. The minimum Gasteiger partial charge on any atom is -0.379 e. The van der Waals surface area contributed by atoms with Gasteiger partial charge in [-0.15, -0.1) is 11.3 Å². The lowest BCUT2D eigenvalue weighted by molar-refractivity contribution is -0.0435. The maximum atomic E-state index is 13.2. The quantitative estimate of drug-likeness (QED) is 0.854. The summed E-state index contributed by atoms with van der Waals surface area (Å²) < 4.78 is 74.1. The van der Waals surface area contributed by atoms with Gasteiger partial charge in [0.15, 0.2) is 0 Å². The Kier molecular flexibility index (Phi) is 4.43. The molecule has 1 aromatic carbocycles. The molecule has 1 heterocycles. The first kappa shape index (κ1) is 16.7. The number of aryl methyl sites for hydroxylation is 1. The summed E-state index contributed by atoms with van der Waals surface area (Å²) in [4.78, 5) is 3.54. The van der Waals surface area contributed by atoms with E-state index in [2.05, 4.69) is 10.3 Å². The van der Waals surface area contributed by atoms with Crippen molar-refractivity contribution < 1.29 is 26.0 Å². The van der Waals surface area contributed by atoms with Gasteiger partial charge in [0.2, 0.25) is 0 Å². The number of aromatic nitrogens is 1. The van der Waals surface area contributed by atoms with Crippen LogP contribution in [0.2, 0.25) is 0 Å². The standard InChI is InChI=1S/C12H10F4N2O2S2/c1-7-17-5-9(21-7)6-18-10-3-2-8(13)4-11(10)22(19,20)12(14,15)16/h2-5,18H,6H2,1H3. The van der Waals surface area contributed by atoms with Crippen LogP contribution in [0, 0.1) is 12.7 Å². The molecule has 2 aromatic rings. The molecule has 1 N–H and O–H groups in total. The second-order valence-electron chi connectivity index (χ2n) is 4.29. The number of anilines is 1. The van der Waals surface area contributed by atoms with Crippen molar-refractivity contribution in [2.45, 2.75) is 23.9 Å². The molecule has 0 saturated heterocycles. The molecule has 22 heavy (non-hydrogen) atoms. The second kappa shape index (κ2) is 5.84. The molecule has 1 aromatic heterocycles. The molecular formula is C12H10F4N2O2S2. The number of hydrogen-bond acceptors (Lipinski definition) is 5. The Morgan fingerprint density at radius 3 is 2.55 bits per heavy atom. The van der Waals surface area contributed by atoms with E-state index in [9.17, 15) is 26.0 Å². The molecule has 0 unspecified atom stereocenters. The molecule has 0 aliphatic carbocycles. The highest BCUT2D eigenvalue weighted by Gasteiger charge is 2.48. The van der Waals surface area contributed by atoms with Gasteiger partial charge in [-0.3, -0.25) is 0 Å². The fourth-order valence-corrected chi connectivity index (χ4v) is 3.34. The van der Waals surface area contributed by atoms with Crippen LogP contribution in [0.15, 0.2) is 29.3 Å². The number of hydrogen-bond donors (Lipinski definition) is 1. The smallest absolute Gasteiger partial charge is 0.379 e. The van der Waals surface area contributed by atoms with E-state index < -0.39 is 26.1 Å². The van der Waals surface area contributed by atoms with Crippen LogP contribution in [0.5, 0.6) is 0 Å². The molecule has 120 valence electrons. The van der Waals surface area contributed by atoms with Crippen molar-refractivity contribution in [2.75, 3.05) is 5.32 Å². The molecule has 0 saturated carbocycles. The van der Waals surface area contributed by atoms with Gasteiger partial charge in [-0.05, 0) is 25.1 Å². The zero-order valence-corrected chi connectivity index (χ0v) is 12.7. The van der Waals surface area contributed by atoms with Crippen LogP contribution in [0.25, 0.3) is 0 Å². The van der Waals surface area contributed by atoms with Crippen molar-refractivity contribution in [3.63, 3.8) is 0 Å². The molecular weight excluding hydrogens is 344 g/mol. The van der Waals surface area contributed by atoms with E-state index in [-0.39, 0.29) is 12.2 Å². The van der Waals surface area contributed by atoms with Gasteiger partial charge < -0.3 is 5.32 Å². The van der Waals surface area contributed by atoms with Gasteiger partial charge in [-0.1, -0.05) is 0 Å². The van der Waals surface area contributed by atoms with Gasteiger partial charge in [0.05, 0.1) is 17.2 Å². The number of halogens is 4. The van der Waals surface area contributed by atoms with Crippen LogP contribution < -0.4 is 5.32 Å². The molecule has 0 aliphatic rings. The minimum atomic E-state index is -5.64. The maximum Gasteiger partial charge on any atom is 0.501 e. The number of nitrogens with zero attached hydrogens (tertiary/aromatic N) is 1. The van der Waals surface area contributed by atoms with Crippen LogP contribution in [-0.4, -0.2) is 18.9 Å².